The van der Waals surface area contributed by atoms with E-state index in [-0.39, 0.29) is 4.67 Å². The van der Waals surface area contributed by atoms with Crippen molar-refractivity contribution in [1.82, 2.24) is 4.67 Å². The fourth-order valence-corrected chi connectivity index (χ4v) is 1.79. The number of hydrogen-bond donors (Lipinski definition) is 0. The number of nitrogens with zero attached hydrogens (tertiary/aromatic N) is 1. The second-order valence-corrected chi connectivity index (χ2v) is 4.53. The van der Waals surface area contributed by atoms with Crippen molar-refractivity contribution in [3.05, 3.63) is 0 Å². The predicted octanol–water partition coefficient (Wildman–Crippen LogP) is 2.98. The van der Waals surface area contributed by atoms with Crippen molar-refractivity contribution in [3.63, 3.8) is 0 Å². The molecule has 0 rings (SSSR count). The minimum absolute atomic E-state index is 0.148. The SMILES string of the molecule is CN(C)P(C(F)(F)F)C(F)(F)F. The lowest BCUT2D eigenvalue weighted by Gasteiger charge is -2.27. The average molecular weight is 213 g/mol. The van der Waals surface area contributed by atoms with E-state index in [9.17, 15) is 26.3 Å². The van der Waals surface area contributed by atoms with Crippen LogP contribution in [0.25, 0.3) is 0 Å². The van der Waals surface area contributed by atoms with Crippen LogP contribution in [-0.2, 0) is 0 Å². The maximum absolute atomic E-state index is 11.7. The molecule has 0 aromatic rings. The minimum atomic E-state index is -5.21. The molecule has 1 nitrogen and oxygen atoms in total. The molecule has 0 saturated heterocycles. The highest BCUT2D eigenvalue weighted by Gasteiger charge is 2.58. The van der Waals surface area contributed by atoms with Crippen LogP contribution in [0.15, 0.2) is 0 Å². The Hall–Kier alpha value is -0.0300. The van der Waals surface area contributed by atoms with Gasteiger partial charge in [0.25, 0.3) is 0 Å². The smallest absolute Gasteiger partial charge is 0.274 e. The van der Waals surface area contributed by atoms with Gasteiger partial charge in [0.05, 0.1) is 0 Å². The standard InChI is InChI=1S/C4H6F6NP/c1-11(2)12(3(5,6)7)4(8,9)10/h1-2H3. The van der Waals surface area contributed by atoms with Crippen LogP contribution in [0, 0.1) is 0 Å². The molecule has 74 valence electrons. The second kappa shape index (κ2) is 3.38. The molecular formula is C4H6F6NP. The summed E-state index contributed by atoms with van der Waals surface area (Å²) in [5.41, 5.74) is 0. The Kier molecular flexibility index (Phi) is 3.37. The van der Waals surface area contributed by atoms with Gasteiger partial charge in [0.1, 0.15) is 0 Å². The van der Waals surface area contributed by atoms with Gasteiger partial charge in [-0.15, -0.1) is 0 Å². The van der Waals surface area contributed by atoms with Crippen molar-refractivity contribution < 1.29 is 26.3 Å². The Morgan fingerprint density at radius 2 is 1.08 bits per heavy atom. The summed E-state index contributed by atoms with van der Waals surface area (Å²) in [4.78, 5) is 0. The van der Waals surface area contributed by atoms with Crippen LogP contribution in [0.4, 0.5) is 26.3 Å². The molecular weight excluding hydrogens is 207 g/mol. The summed E-state index contributed by atoms with van der Waals surface area (Å²) in [5, 5.41) is 0. The summed E-state index contributed by atoms with van der Waals surface area (Å²) in [6.45, 7) is 0. The molecule has 0 saturated carbocycles. The van der Waals surface area contributed by atoms with Crippen molar-refractivity contribution in [3.8, 4) is 0 Å². The van der Waals surface area contributed by atoms with E-state index in [1.807, 2.05) is 0 Å². The van der Waals surface area contributed by atoms with Gasteiger partial charge in [-0.3, -0.25) is 4.67 Å². The molecule has 0 bridgehead atoms. The van der Waals surface area contributed by atoms with E-state index < -0.39 is 19.9 Å². The molecule has 0 heterocycles. The van der Waals surface area contributed by atoms with E-state index in [0.29, 0.717) is 0 Å². The molecule has 0 N–H and O–H groups in total. The summed E-state index contributed by atoms with van der Waals surface area (Å²) >= 11 is 0. The van der Waals surface area contributed by atoms with Crippen LogP contribution < -0.4 is 0 Å². The Bertz CT molecular complexity index is 135. The van der Waals surface area contributed by atoms with Crippen LogP contribution in [0.5, 0.6) is 0 Å². The van der Waals surface area contributed by atoms with E-state index in [2.05, 4.69) is 0 Å². The minimum Gasteiger partial charge on any atom is -0.274 e. The fraction of sp³-hybridized carbons (Fsp3) is 1.00. The Morgan fingerprint density at radius 3 is 1.08 bits per heavy atom. The van der Waals surface area contributed by atoms with Crippen molar-refractivity contribution in [2.75, 3.05) is 14.1 Å². The second-order valence-electron chi connectivity index (χ2n) is 2.09. The molecule has 0 aromatic heterocycles. The number of halogens is 6. The van der Waals surface area contributed by atoms with Crippen LogP contribution in [0.3, 0.4) is 0 Å². The normalized spacial score (nSPS) is 14.5. The third-order valence-corrected chi connectivity index (χ3v) is 2.64. The number of alkyl halides is 6. The van der Waals surface area contributed by atoms with E-state index in [4.69, 9.17) is 0 Å². The lowest BCUT2D eigenvalue weighted by Crippen LogP contribution is -2.27. The molecule has 8 heteroatoms. The van der Waals surface area contributed by atoms with Crippen LogP contribution >= 0.6 is 8.07 Å². The molecule has 0 aliphatic heterocycles. The van der Waals surface area contributed by atoms with Gasteiger partial charge in [-0.25, -0.2) is 0 Å². The zero-order valence-electron chi connectivity index (χ0n) is 6.16. The molecule has 0 atom stereocenters. The molecule has 0 spiro atoms. The highest BCUT2D eigenvalue weighted by atomic mass is 31.1. The van der Waals surface area contributed by atoms with Gasteiger partial charge in [-0.05, 0) is 14.1 Å². The molecule has 0 aromatic carbocycles. The molecule has 0 aliphatic rings. The van der Waals surface area contributed by atoms with Crippen molar-refractivity contribution >= 4 is 8.07 Å². The van der Waals surface area contributed by atoms with E-state index in [1.165, 1.54) is 0 Å². The van der Waals surface area contributed by atoms with E-state index in [1.54, 1.807) is 0 Å². The number of hydrogen-bond acceptors (Lipinski definition) is 1. The predicted molar refractivity (Wildman–Crippen MR) is 32.7 cm³/mol. The maximum Gasteiger partial charge on any atom is 0.427 e. The van der Waals surface area contributed by atoms with Gasteiger partial charge in [-0.1, -0.05) is 0 Å². The Balaban J connectivity index is 4.70. The number of rotatable bonds is 1. The third-order valence-electron chi connectivity index (χ3n) is 0.880. The summed E-state index contributed by atoms with van der Waals surface area (Å²) in [5.74, 6) is -10.4. The summed E-state index contributed by atoms with van der Waals surface area (Å²) in [6.07, 6.45) is 0. The highest BCUT2D eigenvalue weighted by molar-refractivity contribution is 7.57. The van der Waals surface area contributed by atoms with Gasteiger partial charge in [0, 0.05) is 0 Å². The monoisotopic (exact) mass is 213 g/mol. The molecule has 0 fully saturated rings. The lowest BCUT2D eigenvalue weighted by atomic mass is 11.3. The lowest BCUT2D eigenvalue weighted by molar-refractivity contribution is -0.0894. The topological polar surface area (TPSA) is 3.24 Å². The van der Waals surface area contributed by atoms with Crippen LogP contribution in [-0.4, -0.2) is 30.6 Å². The van der Waals surface area contributed by atoms with Crippen molar-refractivity contribution in [2.45, 2.75) is 11.8 Å². The summed E-state index contributed by atoms with van der Waals surface area (Å²) in [6, 6.07) is 0. The maximum atomic E-state index is 11.7. The first-order valence-corrected chi connectivity index (χ1v) is 3.97. The first-order valence-electron chi connectivity index (χ1n) is 2.68. The summed E-state index contributed by atoms with van der Waals surface area (Å²) < 4.78 is 70.6. The molecule has 0 amide bonds. The van der Waals surface area contributed by atoms with Crippen LogP contribution in [0.1, 0.15) is 0 Å². The van der Waals surface area contributed by atoms with Gasteiger partial charge in [-0.2, -0.15) is 26.3 Å². The zero-order valence-corrected chi connectivity index (χ0v) is 7.06. The Labute approximate surface area is 66.1 Å². The fourth-order valence-electron chi connectivity index (χ4n) is 0.597. The van der Waals surface area contributed by atoms with Gasteiger partial charge in [0.2, 0.25) is 0 Å². The van der Waals surface area contributed by atoms with Crippen molar-refractivity contribution in [1.29, 1.82) is 0 Å². The first kappa shape index (κ1) is 12.0. The van der Waals surface area contributed by atoms with Gasteiger partial charge < -0.3 is 0 Å². The zero-order chi connectivity index (χ0) is 10.2. The van der Waals surface area contributed by atoms with E-state index >= 15 is 0 Å². The molecule has 0 radical (unpaired) electrons. The highest BCUT2D eigenvalue weighted by Crippen LogP contribution is 2.65. The summed E-state index contributed by atoms with van der Waals surface area (Å²) in [7, 11) is -2.56. The van der Waals surface area contributed by atoms with Crippen LogP contribution in [0.2, 0.25) is 0 Å². The molecule has 0 unspecified atom stereocenters. The Morgan fingerprint density at radius 1 is 0.833 bits per heavy atom. The third kappa shape index (κ3) is 3.15. The van der Waals surface area contributed by atoms with Gasteiger partial charge in [0.15, 0.2) is 8.07 Å². The quantitative estimate of drug-likeness (QED) is 0.478. The molecule has 12 heavy (non-hydrogen) atoms. The first-order chi connectivity index (χ1) is 5.07. The van der Waals surface area contributed by atoms with Gasteiger partial charge >= 0.3 is 11.8 Å². The van der Waals surface area contributed by atoms with E-state index in [0.717, 1.165) is 14.1 Å². The average Bonchev–Trinajstić information content (AvgIpc) is 1.49. The largest absolute Gasteiger partial charge is 0.427 e. The van der Waals surface area contributed by atoms with Crippen molar-refractivity contribution in [2.24, 2.45) is 0 Å². The molecule has 0 aliphatic carbocycles.